The number of aryl methyl sites for hydroxylation is 2. The second kappa shape index (κ2) is 8.33. The Hall–Kier alpha value is -2.39. The Balaban J connectivity index is 1.65. The van der Waals surface area contributed by atoms with Gasteiger partial charge in [0.1, 0.15) is 5.01 Å². The highest BCUT2D eigenvalue weighted by Crippen LogP contribution is 2.19. The zero-order valence-electron chi connectivity index (χ0n) is 14.7. The van der Waals surface area contributed by atoms with Crippen molar-refractivity contribution in [3.05, 3.63) is 39.6 Å². The van der Waals surface area contributed by atoms with Crippen molar-refractivity contribution in [3.8, 4) is 11.4 Å². The average molecular weight is 389 g/mol. The zero-order valence-corrected chi connectivity index (χ0v) is 16.3. The molecule has 0 unspecified atom stereocenters. The normalized spacial score (nSPS) is 10.8. The van der Waals surface area contributed by atoms with E-state index in [0.29, 0.717) is 16.4 Å². The maximum absolute atomic E-state index is 12.2. The van der Waals surface area contributed by atoms with E-state index in [1.807, 2.05) is 35.8 Å². The maximum Gasteiger partial charge on any atom is 0.227 e. The van der Waals surface area contributed by atoms with Crippen LogP contribution >= 0.6 is 23.6 Å². The number of aromatic nitrogens is 5. The van der Waals surface area contributed by atoms with Gasteiger partial charge in [-0.3, -0.25) is 14.5 Å². The van der Waals surface area contributed by atoms with E-state index in [1.54, 1.807) is 0 Å². The molecule has 1 amide bonds. The molecule has 3 rings (SSSR count). The first-order chi connectivity index (χ1) is 12.6. The number of anilines is 1. The number of hydrogen-bond donors (Lipinski definition) is 2. The van der Waals surface area contributed by atoms with Crippen LogP contribution in [0.15, 0.2) is 24.3 Å². The fourth-order valence-corrected chi connectivity index (χ4v) is 3.54. The van der Waals surface area contributed by atoms with E-state index >= 15 is 0 Å². The lowest BCUT2D eigenvalue weighted by molar-refractivity contribution is -0.116. The Bertz CT molecular complexity index is 941. The first-order valence-corrected chi connectivity index (χ1v) is 9.63. The van der Waals surface area contributed by atoms with Gasteiger partial charge in [0.15, 0.2) is 10.6 Å². The molecule has 0 saturated carbocycles. The topological polar surface area (TPSA) is 88.5 Å². The lowest BCUT2D eigenvalue weighted by Gasteiger charge is -2.07. The number of benzene rings is 1. The first-order valence-electron chi connectivity index (χ1n) is 8.41. The molecule has 9 heteroatoms. The Morgan fingerprint density at radius 3 is 2.81 bits per heavy atom. The SMILES string of the molecule is CCCc1nnc(NC(=O)CCn2c(-c3ccc(C)cc3)n[nH]c2=S)s1. The molecule has 0 aliphatic rings. The molecule has 2 aromatic heterocycles. The quantitative estimate of drug-likeness (QED) is 0.602. The third-order valence-corrected chi connectivity index (χ3v) is 5.02. The standard InChI is InChI=1S/C17H20N6OS2/c1-3-4-14-19-21-16(26-14)18-13(24)9-10-23-15(20-22-17(23)25)12-7-5-11(2)6-8-12/h5-8H,3-4,9-10H2,1-2H3,(H,22,25)(H,18,21,24). The van der Waals surface area contributed by atoms with Gasteiger partial charge in [-0.15, -0.1) is 10.2 Å². The van der Waals surface area contributed by atoms with Crippen molar-refractivity contribution in [1.29, 1.82) is 0 Å². The minimum Gasteiger partial charge on any atom is -0.300 e. The van der Waals surface area contributed by atoms with Crippen molar-refractivity contribution in [2.75, 3.05) is 5.32 Å². The summed E-state index contributed by atoms with van der Waals surface area (Å²) < 4.78 is 2.33. The van der Waals surface area contributed by atoms with E-state index in [4.69, 9.17) is 12.2 Å². The summed E-state index contributed by atoms with van der Waals surface area (Å²) in [6.45, 7) is 4.55. The number of hydrogen-bond acceptors (Lipinski definition) is 6. The number of aromatic amines is 1. The van der Waals surface area contributed by atoms with E-state index in [2.05, 4.69) is 32.6 Å². The number of nitrogens with one attached hydrogen (secondary N) is 2. The van der Waals surface area contributed by atoms with Crippen LogP contribution in [0.4, 0.5) is 5.13 Å². The molecule has 2 N–H and O–H groups in total. The molecule has 0 spiro atoms. The van der Waals surface area contributed by atoms with Gasteiger partial charge < -0.3 is 5.32 Å². The van der Waals surface area contributed by atoms with Crippen LogP contribution in [-0.2, 0) is 17.8 Å². The minimum atomic E-state index is -0.123. The van der Waals surface area contributed by atoms with Crippen LogP contribution in [0.5, 0.6) is 0 Å². The summed E-state index contributed by atoms with van der Waals surface area (Å²) in [5.41, 5.74) is 2.13. The largest absolute Gasteiger partial charge is 0.300 e. The van der Waals surface area contributed by atoms with Gasteiger partial charge in [-0.2, -0.15) is 5.10 Å². The molecule has 3 aromatic rings. The summed E-state index contributed by atoms with van der Waals surface area (Å²) in [4.78, 5) is 12.2. The lowest BCUT2D eigenvalue weighted by Crippen LogP contribution is -2.15. The van der Waals surface area contributed by atoms with Crippen molar-refractivity contribution in [3.63, 3.8) is 0 Å². The third-order valence-electron chi connectivity index (χ3n) is 3.81. The molecule has 0 atom stereocenters. The summed E-state index contributed by atoms with van der Waals surface area (Å²) in [7, 11) is 0. The summed E-state index contributed by atoms with van der Waals surface area (Å²) >= 11 is 6.72. The van der Waals surface area contributed by atoms with E-state index in [9.17, 15) is 4.79 Å². The maximum atomic E-state index is 12.2. The smallest absolute Gasteiger partial charge is 0.227 e. The van der Waals surface area contributed by atoms with E-state index in [-0.39, 0.29) is 12.3 Å². The van der Waals surface area contributed by atoms with Crippen molar-refractivity contribution >= 4 is 34.6 Å². The number of rotatable bonds is 7. The van der Waals surface area contributed by atoms with Gasteiger partial charge in [0.05, 0.1) is 0 Å². The second-order valence-corrected chi connectivity index (χ2v) is 7.37. The molecular weight excluding hydrogens is 368 g/mol. The number of carbonyl (C=O) groups is 1. The number of nitrogens with zero attached hydrogens (tertiary/aromatic N) is 4. The number of carbonyl (C=O) groups excluding carboxylic acids is 1. The van der Waals surface area contributed by atoms with E-state index < -0.39 is 0 Å². The summed E-state index contributed by atoms with van der Waals surface area (Å²) in [5.74, 6) is 0.603. The van der Waals surface area contributed by atoms with Gasteiger partial charge in [0.25, 0.3) is 0 Å². The molecule has 1 aromatic carbocycles. The zero-order chi connectivity index (χ0) is 18.5. The third kappa shape index (κ3) is 4.41. The first kappa shape index (κ1) is 18.4. The van der Waals surface area contributed by atoms with Crippen molar-refractivity contribution in [2.45, 2.75) is 39.7 Å². The second-order valence-electron chi connectivity index (χ2n) is 5.92. The Labute approximate surface area is 160 Å². The molecule has 7 nitrogen and oxygen atoms in total. The highest BCUT2D eigenvalue weighted by Gasteiger charge is 2.12. The Morgan fingerprint density at radius 2 is 2.08 bits per heavy atom. The molecule has 136 valence electrons. The van der Waals surface area contributed by atoms with Gasteiger partial charge in [0.2, 0.25) is 11.0 Å². The fourth-order valence-electron chi connectivity index (χ4n) is 2.46. The van der Waals surface area contributed by atoms with Gasteiger partial charge in [-0.25, -0.2) is 0 Å². The monoisotopic (exact) mass is 388 g/mol. The van der Waals surface area contributed by atoms with Crippen molar-refractivity contribution < 1.29 is 4.79 Å². The molecule has 0 aliphatic heterocycles. The van der Waals surface area contributed by atoms with Gasteiger partial charge in [-0.1, -0.05) is 48.1 Å². The molecular formula is C17H20N6OS2. The van der Waals surface area contributed by atoms with Crippen LogP contribution in [0.1, 0.15) is 30.3 Å². The average Bonchev–Trinajstić information content (AvgIpc) is 3.21. The number of amides is 1. The van der Waals surface area contributed by atoms with Crippen LogP contribution in [0.3, 0.4) is 0 Å². The van der Waals surface area contributed by atoms with E-state index in [1.165, 1.54) is 16.9 Å². The molecule has 0 aliphatic carbocycles. The van der Waals surface area contributed by atoms with Gasteiger partial charge in [0, 0.05) is 24.9 Å². The molecule has 0 radical (unpaired) electrons. The van der Waals surface area contributed by atoms with Gasteiger partial charge >= 0.3 is 0 Å². The molecule has 2 heterocycles. The van der Waals surface area contributed by atoms with Crippen LogP contribution < -0.4 is 5.32 Å². The predicted molar refractivity (Wildman–Crippen MR) is 105 cm³/mol. The minimum absolute atomic E-state index is 0.123. The van der Waals surface area contributed by atoms with Crippen molar-refractivity contribution in [2.24, 2.45) is 0 Å². The highest BCUT2D eigenvalue weighted by molar-refractivity contribution is 7.71. The highest BCUT2D eigenvalue weighted by atomic mass is 32.1. The van der Waals surface area contributed by atoms with Crippen LogP contribution in [0.25, 0.3) is 11.4 Å². The summed E-state index contributed by atoms with van der Waals surface area (Å²) in [6, 6.07) is 8.03. The summed E-state index contributed by atoms with van der Waals surface area (Å²) in [6.07, 6.45) is 2.15. The lowest BCUT2D eigenvalue weighted by atomic mass is 10.1. The molecule has 0 fully saturated rings. The predicted octanol–water partition coefficient (Wildman–Crippen LogP) is 3.75. The van der Waals surface area contributed by atoms with Gasteiger partial charge in [-0.05, 0) is 25.6 Å². The molecule has 0 bridgehead atoms. The van der Waals surface area contributed by atoms with E-state index in [0.717, 1.165) is 29.2 Å². The fraction of sp³-hybridized carbons (Fsp3) is 0.353. The van der Waals surface area contributed by atoms with Crippen molar-refractivity contribution in [1.82, 2.24) is 25.0 Å². The van der Waals surface area contributed by atoms with Crippen LogP contribution in [0.2, 0.25) is 0 Å². The summed E-state index contributed by atoms with van der Waals surface area (Å²) in [5, 5.41) is 19.4. The van der Waals surface area contributed by atoms with Crippen LogP contribution in [-0.4, -0.2) is 30.9 Å². The van der Waals surface area contributed by atoms with Crippen LogP contribution in [0, 0.1) is 11.7 Å². The molecule has 0 saturated heterocycles. The number of H-pyrrole nitrogens is 1. The Kier molecular flexibility index (Phi) is 5.89. The molecule has 26 heavy (non-hydrogen) atoms. The Morgan fingerprint density at radius 1 is 1.31 bits per heavy atom.